The molecule has 3 rings (SSSR count). The Balaban J connectivity index is 1.90. The van der Waals surface area contributed by atoms with Crippen molar-refractivity contribution in [3.63, 3.8) is 0 Å². The molecule has 0 bridgehead atoms. The third-order valence-corrected chi connectivity index (χ3v) is 6.41. The number of carbonyl (C=O) groups excluding carboxylic acids is 3. The summed E-state index contributed by atoms with van der Waals surface area (Å²) in [5.74, 6) is -2.47. The maximum absolute atomic E-state index is 13.1. The van der Waals surface area contributed by atoms with Crippen LogP contribution in [-0.2, 0) is 23.9 Å². The van der Waals surface area contributed by atoms with Gasteiger partial charge in [-0.3, -0.25) is 14.4 Å². The van der Waals surface area contributed by atoms with Crippen molar-refractivity contribution in [2.24, 2.45) is 28.9 Å². The minimum Gasteiger partial charge on any atom is -0.495 e. The van der Waals surface area contributed by atoms with Gasteiger partial charge < -0.3 is 25.3 Å². The first-order valence-electron chi connectivity index (χ1n) is 9.82. The maximum Gasteiger partial charge on any atom is 0.326 e. The second-order valence-electron chi connectivity index (χ2n) is 7.73. The van der Waals surface area contributed by atoms with Crippen LogP contribution in [0.2, 0.25) is 0 Å². The maximum atomic E-state index is 13.1. The first-order chi connectivity index (χ1) is 13.8. The Labute approximate surface area is 170 Å². The zero-order valence-electron chi connectivity index (χ0n) is 17.2. The average molecular weight is 404 g/mol. The van der Waals surface area contributed by atoms with Crippen LogP contribution < -0.4 is 15.8 Å². The summed E-state index contributed by atoms with van der Waals surface area (Å²) >= 11 is 0. The minimum atomic E-state index is -1.44. The zero-order chi connectivity index (χ0) is 21.4. The standard InChI is InChI=1S/C21H28N2O6/c1-5-28-18(25)16-15-12(11-21(22,20(15,16)3)19(26)29-6-2)17(24)23-13-9-7-8-10-14(13)27-4/h7-10,12,15-16H,5-6,11,22H2,1-4H3,(H,23,24)/t12-,15-,16-,20-,21-/m0/s1. The molecule has 2 aliphatic rings. The van der Waals surface area contributed by atoms with Gasteiger partial charge in [-0.15, -0.1) is 0 Å². The third-order valence-electron chi connectivity index (χ3n) is 6.41. The fraction of sp³-hybridized carbons (Fsp3) is 0.571. The van der Waals surface area contributed by atoms with Gasteiger partial charge in [-0.1, -0.05) is 19.1 Å². The van der Waals surface area contributed by atoms with Gasteiger partial charge in [0.1, 0.15) is 11.3 Å². The van der Waals surface area contributed by atoms with Crippen LogP contribution in [0.5, 0.6) is 5.75 Å². The van der Waals surface area contributed by atoms with Crippen LogP contribution in [0.3, 0.4) is 0 Å². The lowest BCUT2D eigenvalue weighted by molar-refractivity contribution is -0.154. The van der Waals surface area contributed by atoms with E-state index in [2.05, 4.69) is 5.32 Å². The highest BCUT2D eigenvalue weighted by Gasteiger charge is 2.83. The summed E-state index contributed by atoms with van der Waals surface area (Å²) in [6.45, 7) is 5.56. The molecule has 2 fully saturated rings. The predicted octanol–water partition coefficient (Wildman–Crippen LogP) is 1.73. The van der Waals surface area contributed by atoms with E-state index in [1.165, 1.54) is 7.11 Å². The van der Waals surface area contributed by atoms with Gasteiger partial charge in [-0.05, 0) is 38.3 Å². The number of ether oxygens (including phenoxy) is 3. The largest absolute Gasteiger partial charge is 0.495 e. The third kappa shape index (κ3) is 3.15. The van der Waals surface area contributed by atoms with Crippen LogP contribution in [0.25, 0.3) is 0 Å². The molecular formula is C21H28N2O6. The predicted molar refractivity (Wildman–Crippen MR) is 105 cm³/mol. The SMILES string of the molecule is CCOC(=O)[C@@H]1[C@@H]2[C@@H](C(=O)Nc3ccccc3OC)C[C@](N)(C(=O)OCC)[C@@]21C. The van der Waals surface area contributed by atoms with E-state index in [1.54, 1.807) is 45.0 Å². The molecular weight excluding hydrogens is 376 g/mol. The molecule has 0 heterocycles. The molecule has 0 radical (unpaired) electrons. The molecule has 1 aromatic carbocycles. The smallest absolute Gasteiger partial charge is 0.326 e. The lowest BCUT2D eigenvalue weighted by atomic mass is 9.80. The van der Waals surface area contributed by atoms with Crippen LogP contribution in [0.15, 0.2) is 24.3 Å². The molecule has 3 N–H and O–H groups in total. The van der Waals surface area contributed by atoms with Crippen LogP contribution in [0.1, 0.15) is 27.2 Å². The number of nitrogens with one attached hydrogen (secondary N) is 1. The Bertz CT molecular complexity index is 827. The molecule has 0 unspecified atom stereocenters. The van der Waals surface area contributed by atoms with Gasteiger partial charge in [0, 0.05) is 11.3 Å². The molecule has 8 nitrogen and oxygen atoms in total. The normalized spacial score (nSPS) is 32.1. The number of anilines is 1. The van der Waals surface area contributed by atoms with Gasteiger partial charge in [0.25, 0.3) is 0 Å². The number of hydrogen-bond acceptors (Lipinski definition) is 7. The quantitative estimate of drug-likeness (QED) is 0.665. The second kappa shape index (κ2) is 7.67. The number of amides is 1. The van der Waals surface area contributed by atoms with Crippen LogP contribution in [0.4, 0.5) is 5.69 Å². The lowest BCUT2D eigenvalue weighted by Crippen LogP contribution is -2.56. The van der Waals surface area contributed by atoms with Crippen molar-refractivity contribution in [3.8, 4) is 5.75 Å². The summed E-state index contributed by atoms with van der Waals surface area (Å²) in [5, 5.41) is 2.85. The Morgan fingerprint density at radius 2 is 1.83 bits per heavy atom. The van der Waals surface area contributed by atoms with Gasteiger partial charge in [-0.25, -0.2) is 0 Å². The molecule has 2 aliphatic carbocycles. The van der Waals surface area contributed by atoms with E-state index in [0.29, 0.717) is 11.4 Å². The Morgan fingerprint density at radius 1 is 1.17 bits per heavy atom. The number of rotatable bonds is 7. The van der Waals surface area contributed by atoms with E-state index < -0.39 is 40.6 Å². The van der Waals surface area contributed by atoms with E-state index in [-0.39, 0.29) is 25.5 Å². The molecule has 5 atom stereocenters. The summed E-state index contributed by atoms with van der Waals surface area (Å²) in [5.41, 5.74) is 4.71. The zero-order valence-corrected chi connectivity index (χ0v) is 17.2. The van der Waals surface area contributed by atoms with Crippen molar-refractivity contribution >= 4 is 23.5 Å². The fourth-order valence-corrected chi connectivity index (χ4v) is 4.88. The van der Waals surface area contributed by atoms with Crippen LogP contribution in [-0.4, -0.2) is 43.7 Å². The summed E-state index contributed by atoms with van der Waals surface area (Å²) in [6, 6.07) is 7.03. The summed E-state index contributed by atoms with van der Waals surface area (Å²) in [4.78, 5) is 38.4. The number of esters is 2. The highest BCUT2D eigenvalue weighted by atomic mass is 16.5. The summed E-state index contributed by atoms with van der Waals surface area (Å²) in [7, 11) is 1.51. The Hall–Kier alpha value is -2.61. The van der Waals surface area contributed by atoms with Crippen molar-refractivity contribution in [2.75, 3.05) is 25.6 Å². The lowest BCUT2D eigenvalue weighted by Gasteiger charge is -2.32. The van der Waals surface area contributed by atoms with E-state index in [4.69, 9.17) is 19.9 Å². The number of methoxy groups -OCH3 is 1. The van der Waals surface area contributed by atoms with Crippen molar-refractivity contribution in [1.29, 1.82) is 0 Å². The monoisotopic (exact) mass is 404 g/mol. The Morgan fingerprint density at radius 3 is 2.45 bits per heavy atom. The van der Waals surface area contributed by atoms with Crippen molar-refractivity contribution in [1.82, 2.24) is 0 Å². The summed E-state index contributed by atoms with van der Waals surface area (Å²) < 4.78 is 15.7. The van der Waals surface area contributed by atoms with Gasteiger partial charge >= 0.3 is 11.9 Å². The number of para-hydroxylation sites is 2. The highest BCUT2D eigenvalue weighted by Crippen LogP contribution is 2.74. The van der Waals surface area contributed by atoms with E-state index in [1.807, 2.05) is 0 Å². The molecule has 158 valence electrons. The van der Waals surface area contributed by atoms with Gasteiger partial charge in [0.05, 0.1) is 31.9 Å². The van der Waals surface area contributed by atoms with Crippen molar-refractivity contribution in [3.05, 3.63) is 24.3 Å². The topological polar surface area (TPSA) is 117 Å². The van der Waals surface area contributed by atoms with Crippen molar-refractivity contribution < 1.29 is 28.6 Å². The number of benzene rings is 1. The van der Waals surface area contributed by atoms with E-state index in [0.717, 1.165) is 0 Å². The molecule has 2 saturated carbocycles. The molecule has 1 amide bonds. The molecule has 0 saturated heterocycles. The first-order valence-corrected chi connectivity index (χ1v) is 9.82. The second-order valence-corrected chi connectivity index (χ2v) is 7.73. The number of hydrogen-bond donors (Lipinski definition) is 2. The minimum absolute atomic E-state index is 0.101. The molecule has 29 heavy (non-hydrogen) atoms. The number of nitrogens with two attached hydrogens (primary N) is 1. The average Bonchev–Trinajstić information content (AvgIpc) is 3.26. The van der Waals surface area contributed by atoms with E-state index in [9.17, 15) is 14.4 Å². The first kappa shape index (κ1) is 21.1. The fourth-order valence-electron chi connectivity index (χ4n) is 4.88. The van der Waals surface area contributed by atoms with Crippen molar-refractivity contribution in [2.45, 2.75) is 32.7 Å². The molecule has 0 spiro atoms. The van der Waals surface area contributed by atoms with Gasteiger partial charge in [0.15, 0.2) is 0 Å². The Kier molecular flexibility index (Phi) is 5.58. The highest BCUT2D eigenvalue weighted by molar-refractivity contribution is 5.99. The van der Waals surface area contributed by atoms with Crippen LogP contribution in [0, 0.1) is 23.2 Å². The molecule has 0 aliphatic heterocycles. The molecule has 0 aromatic heterocycles. The van der Waals surface area contributed by atoms with Gasteiger partial charge in [-0.2, -0.15) is 0 Å². The van der Waals surface area contributed by atoms with Gasteiger partial charge in [0.2, 0.25) is 5.91 Å². The molecule has 1 aromatic rings. The molecule has 8 heteroatoms. The number of carbonyl (C=O) groups is 3. The summed E-state index contributed by atoms with van der Waals surface area (Å²) in [6.07, 6.45) is 0.101. The van der Waals surface area contributed by atoms with Crippen LogP contribution >= 0.6 is 0 Å². The van der Waals surface area contributed by atoms with E-state index >= 15 is 0 Å². The number of fused-ring (bicyclic) bond motifs is 1.